The molecule has 4 heterocycles. The summed E-state index contributed by atoms with van der Waals surface area (Å²) in [6.07, 6.45) is 7.84. The molecule has 42 heavy (non-hydrogen) atoms. The van der Waals surface area contributed by atoms with Crippen LogP contribution in [0, 0.1) is 25.7 Å². The molecule has 0 amide bonds. The Morgan fingerprint density at radius 2 is 1.88 bits per heavy atom. The van der Waals surface area contributed by atoms with Crippen LogP contribution in [0.4, 0.5) is 17.1 Å². The Labute approximate surface area is 246 Å². The van der Waals surface area contributed by atoms with E-state index in [1.165, 1.54) is 11.3 Å². The summed E-state index contributed by atoms with van der Waals surface area (Å²) in [5, 5.41) is 7.73. The van der Waals surface area contributed by atoms with E-state index in [0.29, 0.717) is 12.0 Å². The van der Waals surface area contributed by atoms with E-state index in [9.17, 15) is 4.79 Å². The molecule has 0 spiro atoms. The van der Waals surface area contributed by atoms with Crippen LogP contribution in [0.5, 0.6) is 0 Å². The van der Waals surface area contributed by atoms with Crippen LogP contribution >= 0.6 is 0 Å². The number of rotatable bonds is 7. The lowest BCUT2D eigenvalue weighted by Gasteiger charge is -2.30. The molecule has 1 aliphatic heterocycles. The maximum absolute atomic E-state index is 13.3. The highest BCUT2D eigenvalue weighted by Gasteiger charge is 2.15. The van der Waals surface area contributed by atoms with Gasteiger partial charge in [0.2, 0.25) is 0 Å². The number of hydrogen-bond donors (Lipinski definition) is 1. The summed E-state index contributed by atoms with van der Waals surface area (Å²) in [6.45, 7) is 10.3. The Bertz CT molecular complexity index is 1820. The van der Waals surface area contributed by atoms with E-state index in [0.717, 1.165) is 72.3 Å². The summed E-state index contributed by atoms with van der Waals surface area (Å²) < 4.78 is 9.32. The minimum atomic E-state index is 0.0773. The van der Waals surface area contributed by atoms with E-state index in [-0.39, 0.29) is 5.78 Å². The van der Waals surface area contributed by atoms with Crippen LogP contribution in [0.15, 0.2) is 73.3 Å². The Hall–Kier alpha value is -4.87. The number of aromatic nitrogens is 4. The molecule has 1 fully saturated rings. The Morgan fingerprint density at radius 3 is 2.67 bits per heavy atom. The smallest absolute Gasteiger partial charge is 0.167 e. The second-order valence-electron chi connectivity index (χ2n) is 10.6. The zero-order valence-corrected chi connectivity index (χ0v) is 24.2. The van der Waals surface area contributed by atoms with Crippen LogP contribution in [-0.2, 0) is 17.7 Å². The van der Waals surface area contributed by atoms with Crippen LogP contribution in [0.25, 0.3) is 5.65 Å². The number of morpholine rings is 1. The summed E-state index contributed by atoms with van der Waals surface area (Å²) in [5.41, 5.74) is 9.25. The summed E-state index contributed by atoms with van der Waals surface area (Å²) in [6, 6.07) is 16.0. The first-order chi connectivity index (χ1) is 20.5. The molecule has 0 bridgehead atoms. The van der Waals surface area contributed by atoms with Gasteiger partial charge in [0.05, 0.1) is 37.0 Å². The highest BCUT2D eigenvalue weighted by molar-refractivity contribution is 5.98. The number of imidazole rings is 1. The molecule has 1 aliphatic rings. The number of aryl methyl sites for hydroxylation is 3. The summed E-state index contributed by atoms with van der Waals surface area (Å²) in [4.78, 5) is 20.3. The largest absolute Gasteiger partial charge is 0.378 e. The van der Waals surface area contributed by atoms with E-state index >= 15 is 0 Å². The summed E-state index contributed by atoms with van der Waals surface area (Å²) >= 11 is 0. The van der Waals surface area contributed by atoms with Gasteiger partial charge in [-0.1, -0.05) is 30.2 Å². The fourth-order valence-electron chi connectivity index (χ4n) is 5.29. The summed E-state index contributed by atoms with van der Waals surface area (Å²) in [7, 11) is 0. The number of anilines is 3. The van der Waals surface area contributed by atoms with E-state index in [1.807, 2.05) is 58.7 Å². The van der Waals surface area contributed by atoms with Gasteiger partial charge in [-0.2, -0.15) is 5.10 Å². The van der Waals surface area contributed by atoms with Gasteiger partial charge in [0.1, 0.15) is 5.69 Å². The molecular weight excluding hydrogens is 524 g/mol. The van der Waals surface area contributed by atoms with Gasteiger partial charge in [-0.05, 0) is 67.6 Å². The minimum Gasteiger partial charge on any atom is -0.378 e. The molecule has 0 saturated carbocycles. The SMILES string of the molecule is CCn1cc(Nc2cccn3c(C#Cc4cc(C(=O)Cc5ccc(N6CCOCC6)c(C)c5)ccc4C)cnc23)cn1. The predicted octanol–water partition coefficient (Wildman–Crippen LogP) is 5.57. The number of carbonyl (C=O) groups excluding carboxylic acids is 1. The first kappa shape index (κ1) is 27.3. The molecule has 3 aromatic heterocycles. The van der Waals surface area contributed by atoms with E-state index in [1.54, 1.807) is 12.4 Å². The number of carbonyl (C=O) groups is 1. The normalized spacial score (nSPS) is 13.2. The monoisotopic (exact) mass is 558 g/mol. The molecule has 0 atom stereocenters. The van der Waals surface area contributed by atoms with Gasteiger partial charge in [-0.25, -0.2) is 4.98 Å². The number of hydrogen-bond acceptors (Lipinski definition) is 6. The van der Waals surface area contributed by atoms with Crippen molar-refractivity contribution in [3.8, 4) is 11.8 Å². The molecule has 5 aromatic rings. The van der Waals surface area contributed by atoms with Crippen LogP contribution in [-0.4, -0.2) is 51.3 Å². The molecule has 1 N–H and O–H groups in total. The molecule has 212 valence electrons. The number of ketones is 1. The molecule has 0 radical (unpaired) electrons. The van der Waals surface area contributed by atoms with Crippen LogP contribution in [0.1, 0.15) is 45.2 Å². The lowest BCUT2D eigenvalue weighted by molar-refractivity contribution is 0.0993. The van der Waals surface area contributed by atoms with Crippen molar-refractivity contribution in [2.75, 3.05) is 36.5 Å². The van der Waals surface area contributed by atoms with Gasteiger partial charge in [0.25, 0.3) is 0 Å². The molecule has 8 nitrogen and oxygen atoms in total. The maximum atomic E-state index is 13.3. The highest BCUT2D eigenvalue weighted by atomic mass is 16.5. The topological polar surface area (TPSA) is 76.7 Å². The van der Waals surface area contributed by atoms with Crippen LogP contribution in [0.2, 0.25) is 0 Å². The lowest BCUT2D eigenvalue weighted by Crippen LogP contribution is -2.36. The van der Waals surface area contributed by atoms with Crippen molar-refractivity contribution in [3.63, 3.8) is 0 Å². The number of ether oxygens (including phenoxy) is 1. The Kier molecular flexibility index (Phi) is 7.76. The van der Waals surface area contributed by atoms with Crippen LogP contribution < -0.4 is 10.2 Å². The fourth-order valence-corrected chi connectivity index (χ4v) is 5.29. The quantitative estimate of drug-likeness (QED) is 0.208. The first-order valence-electron chi connectivity index (χ1n) is 14.3. The lowest BCUT2D eigenvalue weighted by atomic mass is 9.97. The average Bonchev–Trinajstić information content (AvgIpc) is 3.64. The number of nitrogens with one attached hydrogen (secondary N) is 1. The highest BCUT2D eigenvalue weighted by Crippen LogP contribution is 2.24. The molecular formula is C34H34N6O2. The van der Waals surface area contributed by atoms with Gasteiger partial charge < -0.3 is 15.0 Å². The van der Waals surface area contributed by atoms with Crippen molar-refractivity contribution < 1.29 is 9.53 Å². The van der Waals surface area contributed by atoms with Crippen molar-refractivity contribution in [2.24, 2.45) is 0 Å². The van der Waals surface area contributed by atoms with Crippen molar-refractivity contribution in [1.82, 2.24) is 19.2 Å². The molecule has 2 aromatic carbocycles. The second kappa shape index (κ2) is 11.9. The van der Waals surface area contributed by atoms with Gasteiger partial charge in [0, 0.05) is 55.3 Å². The van der Waals surface area contributed by atoms with Crippen molar-refractivity contribution in [1.29, 1.82) is 0 Å². The second-order valence-corrected chi connectivity index (χ2v) is 10.6. The standard InChI is InChI=1S/C34H34N6O2/c1-4-39-23-29(21-36-39)37-31-6-5-13-40-30(22-35-34(31)40)11-10-27-20-28(9-7-24(27)2)33(41)19-26-8-12-32(25(3)18-26)38-14-16-42-17-15-38/h5-9,12-13,18,20-23,37H,4,14-17,19H2,1-3H3. The Balaban J connectivity index is 1.19. The zero-order valence-electron chi connectivity index (χ0n) is 24.2. The van der Waals surface area contributed by atoms with Crippen molar-refractivity contribution in [3.05, 3.63) is 107 Å². The zero-order chi connectivity index (χ0) is 29.1. The fraction of sp³-hybridized carbons (Fsp3) is 0.265. The van der Waals surface area contributed by atoms with Crippen molar-refractivity contribution >= 4 is 28.5 Å². The summed E-state index contributed by atoms with van der Waals surface area (Å²) in [5.74, 6) is 6.64. The van der Waals surface area contributed by atoms with Gasteiger partial charge in [-0.15, -0.1) is 0 Å². The molecule has 0 aliphatic carbocycles. The molecule has 8 heteroatoms. The van der Waals surface area contributed by atoms with E-state index < -0.39 is 0 Å². The number of benzene rings is 2. The van der Waals surface area contributed by atoms with Crippen molar-refractivity contribution in [2.45, 2.75) is 33.7 Å². The molecule has 1 saturated heterocycles. The van der Waals surface area contributed by atoms with E-state index in [2.05, 4.69) is 64.2 Å². The molecule has 0 unspecified atom stereocenters. The van der Waals surface area contributed by atoms with Gasteiger partial charge in [0.15, 0.2) is 11.4 Å². The number of Topliss-reactive ketones (excluding diaryl/α,β-unsaturated/α-hetero) is 1. The van der Waals surface area contributed by atoms with Crippen LogP contribution in [0.3, 0.4) is 0 Å². The minimum absolute atomic E-state index is 0.0773. The first-order valence-corrected chi connectivity index (χ1v) is 14.3. The third kappa shape index (κ3) is 5.78. The number of nitrogens with zero attached hydrogens (tertiary/aromatic N) is 5. The predicted molar refractivity (Wildman–Crippen MR) is 166 cm³/mol. The van der Waals surface area contributed by atoms with Gasteiger partial charge >= 0.3 is 0 Å². The molecule has 6 rings (SSSR count). The Morgan fingerprint density at radius 1 is 1.02 bits per heavy atom. The number of pyridine rings is 1. The number of fused-ring (bicyclic) bond motifs is 1. The average molecular weight is 559 g/mol. The van der Waals surface area contributed by atoms with Gasteiger partial charge in [-0.3, -0.25) is 13.9 Å². The maximum Gasteiger partial charge on any atom is 0.167 e. The third-order valence-electron chi connectivity index (χ3n) is 7.63. The van der Waals surface area contributed by atoms with E-state index in [4.69, 9.17) is 4.74 Å². The third-order valence-corrected chi connectivity index (χ3v) is 7.63.